The van der Waals surface area contributed by atoms with Gasteiger partial charge in [0.25, 0.3) is 11.1 Å². The van der Waals surface area contributed by atoms with Gasteiger partial charge in [0.1, 0.15) is 10.8 Å². The molecule has 0 unspecified atom stereocenters. The van der Waals surface area contributed by atoms with Gasteiger partial charge in [0.05, 0.1) is 29.4 Å². The first-order chi connectivity index (χ1) is 16.1. The van der Waals surface area contributed by atoms with Crippen LogP contribution in [0.4, 0.5) is 0 Å². The molecule has 3 heterocycles. The summed E-state index contributed by atoms with van der Waals surface area (Å²) in [5.74, 6) is 0.929. The maximum absolute atomic E-state index is 13.5. The Hall–Kier alpha value is -3.50. The van der Waals surface area contributed by atoms with Gasteiger partial charge < -0.3 is 4.74 Å². The van der Waals surface area contributed by atoms with E-state index in [2.05, 4.69) is 10.1 Å². The van der Waals surface area contributed by atoms with E-state index in [-0.39, 0.29) is 11.1 Å². The van der Waals surface area contributed by atoms with Gasteiger partial charge in [-0.15, -0.1) is 0 Å². The van der Waals surface area contributed by atoms with Crippen LogP contribution in [0.5, 0.6) is 5.75 Å². The summed E-state index contributed by atoms with van der Waals surface area (Å²) in [6, 6.07) is 16.0. The van der Waals surface area contributed by atoms with Gasteiger partial charge in [-0.05, 0) is 30.7 Å². The van der Waals surface area contributed by atoms with Gasteiger partial charge in [-0.3, -0.25) is 14.2 Å². The van der Waals surface area contributed by atoms with E-state index >= 15 is 0 Å². The number of methoxy groups -OCH3 is 1. The zero-order valence-electron chi connectivity index (χ0n) is 17.9. The van der Waals surface area contributed by atoms with Crippen LogP contribution < -0.4 is 15.9 Å². The molecule has 0 fully saturated rings. The predicted molar refractivity (Wildman–Crippen MR) is 130 cm³/mol. The van der Waals surface area contributed by atoms with Crippen molar-refractivity contribution in [1.82, 2.24) is 24.1 Å². The number of ether oxygens (including phenoxy) is 1. The maximum atomic E-state index is 13.5. The summed E-state index contributed by atoms with van der Waals surface area (Å²) in [7, 11) is 1.57. The van der Waals surface area contributed by atoms with Gasteiger partial charge in [0, 0.05) is 11.8 Å². The molecular formula is C23H19N5O3S2. The van der Waals surface area contributed by atoms with Gasteiger partial charge in [0.2, 0.25) is 4.96 Å². The average molecular weight is 478 g/mol. The Balaban J connectivity index is 1.61. The van der Waals surface area contributed by atoms with Gasteiger partial charge in [-0.2, -0.15) is 9.61 Å². The van der Waals surface area contributed by atoms with E-state index in [9.17, 15) is 9.59 Å². The average Bonchev–Trinajstić information content (AvgIpc) is 3.27. The summed E-state index contributed by atoms with van der Waals surface area (Å²) in [6.45, 7) is 1.99. The molecule has 0 spiro atoms. The third kappa shape index (κ3) is 3.91. The minimum atomic E-state index is -0.222. The molecule has 33 heavy (non-hydrogen) atoms. The molecule has 0 saturated carbocycles. The summed E-state index contributed by atoms with van der Waals surface area (Å²) in [4.78, 5) is 35.9. The number of aryl methyl sites for hydroxylation is 1. The summed E-state index contributed by atoms with van der Waals surface area (Å²) in [5.41, 5.74) is 1.40. The molecule has 0 atom stereocenters. The summed E-state index contributed by atoms with van der Waals surface area (Å²) < 4.78 is 8.39. The Kier molecular flexibility index (Phi) is 5.69. The van der Waals surface area contributed by atoms with Crippen LogP contribution in [0.2, 0.25) is 0 Å². The molecule has 0 aliphatic rings. The van der Waals surface area contributed by atoms with Crippen LogP contribution in [0.3, 0.4) is 0 Å². The van der Waals surface area contributed by atoms with Gasteiger partial charge in [-0.25, -0.2) is 9.97 Å². The first-order valence-corrected chi connectivity index (χ1v) is 12.1. The van der Waals surface area contributed by atoms with Crippen LogP contribution in [0.25, 0.3) is 21.6 Å². The third-order valence-corrected chi connectivity index (χ3v) is 7.09. The van der Waals surface area contributed by atoms with Crippen molar-refractivity contribution in [3.63, 3.8) is 0 Å². The molecule has 3 aromatic heterocycles. The topological polar surface area (TPSA) is 91.4 Å². The van der Waals surface area contributed by atoms with Crippen LogP contribution in [0.15, 0.2) is 69.3 Å². The molecule has 5 rings (SSSR count). The Morgan fingerprint density at radius 1 is 1.06 bits per heavy atom. The fourth-order valence-electron chi connectivity index (χ4n) is 3.49. The molecule has 0 N–H and O–H groups in total. The number of para-hydroxylation sites is 3. The Morgan fingerprint density at radius 2 is 1.85 bits per heavy atom. The lowest BCUT2D eigenvalue weighted by Gasteiger charge is -2.15. The minimum Gasteiger partial charge on any atom is -0.495 e. The molecule has 10 heteroatoms. The summed E-state index contributed by atoms with van der Waals surface area (Å²) in [6.07, 6.45) is 0.740. The van der Waals surface area contributed by atoms with E-state index in [4.69, 9.17) is 9.72 Å². The number of thioether (sulfide) groups is 1. The van der Waals surface area contributed by atoms with E-state index in [1.165, 1.54) is 33.7 Å². The number of aromatic nitrogens is 5. The molecule has 0 bridgehead atoms. The number of hydrogen-bond donors (Lipinski definition) is 0. The highest BCUT2D eigenvalue weighted by Crippen LogP contribution is 2.28. The quantitative estimate of drug-likeness (QED) is 0.272. The van der Waals surface area contributed by atoms with Crippen LogP contribution >= 0.6 is 23.1 Å². The molecule has 0 radical (unpaired) electrons. The number of fused-ring (bicyclic) bond motifs is 2. The van der Waals surface area contributed by atoms with Crippen molar-refractivity contribution in [3.05, 3.63) is 86.0 Å². The van der Waals surface area contributed by atoms with Crippen LogP contribution in [0, 0.1) is 0 Å². The van der Waals surface area contributed by atoms with E-state index in [0.29, 0.717) is 43.9 Å². The van der Waals surface area contributed by atoms with Crippen LogP contribution in [-0.2, 0) is 12.2 Å². The lowest BCUT2D eigenvalue weighted by Crippen LogP contribution is -2.22. The first-order valence-electron chi connectivity index (χ1n) is 10.3. The van der Waals surface area contributed by atoms with Crippen molar-refractivity contribution in [2.75, 3.05) is 7.11 Å². The highest BCUT2D eigenvalue weighted by atomic mass is 32.2. The highest BCUT2D eigenvalue weighted by molar-refractivity contribution is 7.98. The SMILES string of the molecule is CCc1nn2c(=O)cc(CSc3nc4ccccc4c(=O)n3-c3ccccc3OC)nc2s1. The van der Waals surface area contributed by atoms with Crippen molar-refractivity contribution < 1.29 is 4.74 Å². The third-order valence-electron chi connectivity index (χ3n) is 5.06. The van der Waals surface area contributed by atoms with Gasteiger partial charge in [-0.1, -0.05) is 54.3 Å². The molecule has 0 aliphatic carbocycles. The Morgan fingerprint density at radius 3 is 2.67 bits per heavy atom. The minimum absolute atomic E-state index is 0.189. The van der Waals surface area contributed by atoms with Crippen molar-refractivity contribution >= 4 is 39.0 Å². The van der Waals surface area contributed by atoms with Crippen LogP contribution in [-0.4, -0.2) is 31.3 Å². The smallest absolute Gasteiger partial charge is 0.275 e. The second kappa shape index (κ2) is 8.80. The second-order valence-corrected chi connectivity index (χ2v) is 9.13. The molecule has 2 aromatic carbocycles. The Labute approximate surface area is 196 Å². The van der Waals surface area contributed by atoms with Crippen molar-refractivity contribution in [2.45, 2.75) is 24.3 Å². The molecule has 0 saturated heterocycles. The lowest BCUT2D eigenvalue weighted by molar-refractivity contribution is 0.411. The largest absolute Gasteiger partial charge is 0.495 e. The summed E-state index contributed by atoms with van der Waals surface area (Å²) in [5, 5.41) is 6.15. The standard InChI is InChI=1S/C23H19N5O3S2/c1-3-19-26-28-20(29)12-14(24-23(28)33-19)13-32-22-25-16-9-5-4-8-15(16)21(30)27(22)17-10-6-7-11-18(17)31-2/h4-12H,3,13H2,1-2H3. The fourth-order valence-corrected chi connectivity index (χ4v) is 5.24. The first kappa shape index (κ1) is 21.4. The molecule has 0 aliphatic heterocycles. The van der Waals surface area contributed by atoms with E-state index in [1.54, 1.807) is 23.8 Å². The fraction of sp³-hybridized carbons (Fsp3) is 0.174. The number of nitrogens with zero attached hydrogens (tertiary/aromatic N) is 5. The number of hydrogen-bond acceptors (Lipinski definition) is 8. The Bertz CT molecular complexity index is 1610. The number of benzene rings is 2. The predicted octanol–water partition coefficient (Wildman–Crippen LogP) is 3.71. The number of rotatable bonds is 6. The van der Waals surface area contributed by atoms with E-state index in [0.717, 1.165) is 11.4 Å². The zero-order chi connectivity index (χ0) is 22.9. The van der Waals surface area contributed by atoms with Crippen molar-refractivity contribution in [3.8, 4) is 11.4 Å². The summed E-state index contributed by atoms with van der Waals surface area (Å²) >= 11 is 2.74. The second-order valence-electron chi connectivity index (χ2n) is 7.14. The maximum Gasteiger partial charge on any atom is 0.275 e. The normalized spacial score (nSPS) is 11.3. The monoisotopic (exact) mass is 477 g/mol. The van der Waals surface area contributed by atoms with Crippen molar-refractivity contribution in [2.24, 2.45) is 0 Å². The zero-order valence-corrected chi connectivity index (χ0v) is 19.5. The van der Waals surface area contributed by atoms with Gasteiger partial charge >= 0.3 is 0 Å². The lowest BCUT2D eigenvalue weighted by atomic mass is 10.2. The van der Waals surface area contributed by atoms with Crippen molar-refractivity contribution in [1.29, 1.82) is 0 Å². The van der Waals surface area contributed by atoms with Gasteiger partial charge in [0.15, 0.2) is 5.16 Å². The molecular weight excluding hydrogens is 458 g/mol. The molecule has 8 nitrogen and oxygen atoms in total. The van der Waals surface area contributed by atoms with E-state index in [1.807, 2.05) is 43.3 Å². The highest BCUT2D eigenvalue weighted by Gasteiger charge is 2.17. The molecule has 5 aromatic rings. The molecule has 166 valence electrons. The molecule has 0 amide bonds. The van der Waals surface area contributed by atoms with Crippen LogP contribution in [0.1, 0.15) is 17.6 Å². The van der Waals surface area contributed by atoms with E-state index < -0.39 is 0 Å².